The van der Waals surface area contributed by atoms with E-state index in [-0.39, 0.29) is 0 Å². The van der Waals surface area contributed by atoms with E-state index in [9.17, 15) is 0 Å². The predicted octanol–water partition coefficient (Wildman–Crippen LogP) is 4.11. The van der Waals surface area contributed by atoms with Crippen LogP contribution in [0.1, 0.15) is 38.5 Å². The van der Waals surface area contributed by atoms with Gasteiger partial charge < -0.3 is 4.57 Å². The summed E-state index contributed by atoms with van der Waals surface area (Å²) in [5.41, 5.74) is 2.20. The highest BCUT2D eigenvalue weighted by Gasteiger charge is 2.11. The molecule has 158 valence electrons. The number of thioether (sulfide) groups is 1. The summed E-state index contributed by atoms with van der Waals surface area (Å²) >= 11 is 1.73. The number of aromatic nitrogens is 2. The van der Waals surface area contributed by atoms with Gasteiger partial charge in [0.25, 0.3) is 0 Å². The summed E-state index contributed by atoms with van der Waals surface area (Å²) in [5.74, 6) is 14.2. The lowest BCUT2D eigenvalue weighted by atomic mass is 10.1. The average Bonchev–Trinajstić information content (AvgIpc) is 3.15. The molecule has 1 aromatic heterocycles. The van der Waals surface area contributed by atoms with E-state index in [0.29, 0.717) is 6.54 Å². The number of nitrogens with zero attached hydrogens (tertiary/aromatic N) is 4. The fourth-order valence-electron chi connectivity index (χ4n) is 4.17. The number of hydrogen-bond acceptors (Lipinski definition) is 4. The standard InChI is InChI=1S/C25H32N4S/c1-5-15-27(16-6-1)19-9-10-21-29-24-14-4-3-13-23(24)26-25(29)30-22-12-11-20-28-17-7-2-8-18-28/h3-4,13-14H,1-2,5-8,15-22H2. The van der Waals surface area contributed by atoms with Gasteiger partial charge in [-0.1, -0.05) is 60.4 Å². The third-order valence-corrected chi connectivity index (χ3v) is 6.74. The molecule has 5 heteroatoms. The molecule has 2 aromatic rings. The first kappa shape index (κ1) is 21.3. The zero-order valence-corrected chi connectivity index (χ0v) is 18.7. The first-order valence-electron chi connectivity index (χ1n) is 11.3. The van der Waals surface area contributed by atoms with Crippen molar-refractivity contribution >= 4 is 22.8 Å². The molecule has 30 heavy (non-hydrogen) atoms. The molecule has 0 saturated carbocycles. The van der Waals surface area contributed by atoms with Crippen LogP contribution < -0.4 is 0 Å². The summed E-state index contributed by atoms with van der Waals surface area (Å²) in [6.45, 7) is 7.27. The van der Waals surface area contributed by atoms with Crippen LogP contribution >= 0.6 is 11.8 Å². The monoisotopic (exact) mass is 420 g/mol. The van der Waals surface area contributed by atoms with Crippen molar-refractivity contribution < 1.29 is 0 Å². The van der Waals surface area contributed by atoms with Gasteiger partial charge in [0, 0.05) is 0 Å². The molecule has 0 radical (unpaired) electrons. The van der Waals surface area contributed by atoms with E-state index in [1.54, 1.807) is 11.8 Å². The Hall–Kier alpha value is -1.92. The highest BCUT2D eigenvalue weighted by molar-refractivity contribution is 7.99. The van der Waals surface area contributed by atoms with Crippen molar-refractivity contribution in [2.24, 2.45) is 0 Å². The molecule has 2 saturated heterocycles. The smallest absolute Gasteiger partial charge is 0.170 e. The van der Waals surface area contributed by atoms with Crippen molar-refractivity contribution in [2.75, 3.05) is 45.0 Å². The predicted molar refractivity (Wildman–Crippen MR) is 127 cm³/mol. The lowest BCUT2D eigenvalue weighted by Gasteiger charge is -2.23. The van der Waals surface area contributed by atoms with Crippen molar-refractivity contribution in [1.82, 2.24) is 19.4 Å². The summed E-state index contributed by atoms with van der Waals surface area (Å²) in [6, 6.07) is 8.35. The normalized spacial score (nSPS) is 17.9. The maximum Gasteiger partial charge on any atom is 0.170 e. The van der Waals surface area contributed by atoms with Crippen LogP contribution in [0.3, 0.4) is 0 Å². The number of imidazole rings is 1. The number of likely N-dealkylation sites (tertiary alicyclic amines) is 2. The number of fused-ring (bicyclic) bond motifs is 1. The Kier molecular flexibility index (Phi) is 8.15. The summed E-state index contributed by atoms with van der Waals surface area (Å²) in [6.07, 6.45) is 8.00. The zero-order valence-electron chi connectivity index (χ0n) is 17.9. The molecule has 0 spiro atoms. The van der Waals surface area contributed by atoms with Crippen molar-refractivity contribution in [3.63, 3.8) is 0 Å². The highest BCUT2D eigenvalue weighted by atomic mass is 32.2. The third-order valence-electron chi connectivity index (χ3n) is 5.88. The van der Waals surface area contributed by atoms with Crippen LogP contribution in [0.25, 0.3) is 11.0 Å². The number of benzene rings is 1. The van der Waals surface area contributed by atoms with Crippen LogP contribution in [-0.4, -0.2) is 64.4 Å². The molecule has 0 atom stereocenters. The first-order valence-corrected chi connectivity index (χ1v) is 12.3. The second-order valence-corrected chi connectivity index (χ2v) is 9.08. The molecule has 4 nitrogen and oxygen atoms in total. The van der Waals surface area contributed by atoms with Gasteiger partial charge in [0.2, 0.25) is 0 Å². The number of para-hydroxylation sites is 2. The molecule has 0 bridgehead atoms. The van der Waals surface area contributed by atoms with Crippen LogP contribution in [0.2, 0.25) is 0 Å². The highest BCUT2D eigenvalue weighted by Crippen LogP contribution is 2.23. The number of hydrogen-bond donors (Lipinski definition) is 0. The van der Waals surface area contributed by atoms with Crippen molar-refractivity contribution in [3.8, 4) is 23.7 Å². The minimum atomic E-state index is 0.692. The SMILES string of the molecule is C(#CCN1CCCCC1)CSc1nc2ccccc2n1CC#CCN1CCCCC1. The van der Waals surface area contributed by atoms with Gasteiger partial charge in [-0.15, -0.1) is 0 Å². The molecule has 2 fully saturated rings. The lowest BCUT2D eigenvalue weighted by molar-refractivity contribution is 0.255. The van der Waals surface area contributed by atoms with Gasteiger partial charge in [0.1, 0.15) is 0 Å². The second-order valence-electron chi connectivity index (χ2n) is 8.14. The Labute approximate surface area is 185 Å². The van der Waals surface area contributed by atoms with Gasteiger partial charge in [-0.3, -0.25) is 9.80 Å². The summed E-state index contributed by atoms with van der Waals surface area (Å²) in [7, 11) is 0. The Bertz CT molecular complexity index is 931. The maximum atomic E-state index is 4.84. The molecule has 2 aliphatic heterocycles. The average molecular weight is 421 g/mol. The summed E-state index contributed by atoms with van der Waals surface area (Å²) in [4.78, 5) is 9.77. The number of piperidine rings is 2. The van der Waals surface area contributed by atoms with Crippen LogP contribution in [0.4, 0.5) is 0 Å². The third kappa shape index (κ3) is 6.05. The van der Waals surface area contributed by atoms with E-state index >= 15 is 0 Å². The van der Waals surface area contributed by atoms with Gasteiger partial charge in [-0.25, -0.2) is 4.98 Å². The first-order chi connectivity index (χ1) is 14.9. The number of rotatable bonds is 5. The van der Waals surface area contributed by atoms with Gasteiger partial charge in [-0.2, -0.15) is 0 Å². The minimum absolute atomic E-state index is 0.692. The van der Waals surface area contributed by atoms with Gasteiger partial charge >= 0.3 is 0 Å². The van der Waals surface area contributed by atoms with Crippen LogP contribution in [0.15, 0.2) is 29.4 Å². The van der Waals surface area contributed by atoms with Gasteiger partial charge in [0.05, 0.1) is 36.4 Å². The van der Waals surface area contributed by atoms with Crippen molar-refractivity contribution in [1.29, 1.82) is 0 Å². The van der Waals surface area contributed by atoms with Gasteiger partial charge in [-0.05, 0) is 64.0 Å². The molecule has 1 aromatic carbocycles. The Morgan fingerprint density at radius 2 is 1.33 bits per heavy atom. The topological polar surface area (TPSA) is 24.3 Å². The van der Waals surface area contributed by atoms with E-state index < -0.39 is 0 Å². The lowest BCUT2D eigenvalue weighted by Crippen LogP contribution is -2.29. The summed E-state index contributed by atoms with van der Waals surface area (Å²) in [5, 5.41) is 1.02. The van der Waals surface area contributed by atoms with E-state index in [4.69, 9.17) is 4.98 Å². The second kappa shape index (κ2) is 11.5. The van der Waals surface area contributed by atoms with Crippen LogP contribution in [0.5, 0.6) is 0 Å². The molecule has 2 aliphatic rings. The molecule has 0 N–H and O–H groups in total. The quantitative estimate of drug-likeness (QED) is 0.537. The van der Waals surface area contributed by atoms with Crippen molar-refractivity contribution in [2.45, 2.75) is 50.2 Å². The van der Waals surface area contributed by atoms with E-state index in [1.165, 1.54) is 64.7 Å². The molecule has 0 amide bonds. The zero-order chi connectivity index (χ0) is 20.4. The molecule has 3 heterocycles. The fourth-order valence-corrected chi connectivity index (χ4v) is 4.96. The Balaban J connectivity index is 1.35. The molecule has 0 aliphatic carbocycles. The Morgan fingerprint density at radius 3 is 2.03 bits per heavy atom. The van der Waals surface area contributed by atoms with Crippen molar-refractivity contribution in [3.05, 3.63) is 24.3 Å². The van der Waals surface area contributed by atoms with Gasteiger partial charge in [0.15, 0.2) is 5.16 Å². The van der Waals surface area contributed by atoms with E-state index in [0.717, 1.165) is 35.0 Å². The molecule has 0 unspecified atom stereocenters. The van der Waals surface area contributed by atoms with Crippen LogP contribution in [0, 0.1) is 23.7 Å². The fraction of sp³-hybridized carbons (Fsp3) is 0.560. The molecular formula is C25H32N4S. The van der Waals surface area contributed by atoms with E-state index in [1.807, 2.05) is 0 Å². The Morgan fingerprint density at radius 1 is 0.733 bits per heavy atom. The molecule has 4 rings (SSSR count). The largest absolute Gasteiger partial charge is 0.307 e. The summed E-state index contributed by atoms with van der Waals surface area (Å²) < 4.78 is 2.25. The van der Waals surface area contributed by atoms with Crippen LogP contribution in [-0.2, 0) is 6.54 Å². The molecular weight excluding hydrogens is 388 g/mol. The maximum absolute atomic E-state index is 4.84. The van der Waals surface area contributed by atoms with E-state index in [2.05, 4.69) is 62.3 Å². The minimum Gasteiger partial charge on any atom is -0.307 e.